The van der Waals surface area contributed by atoms with E-state index in [2.05, 4.69) is 51.9 Å². The van der Waals surface area contributed by atoms with Crippen LogP contribution in [-0.2, 0) is 10.2 Å². The number of aliphatic imine (C=N–C) groups is 1. The van der Waals surface area contributed by atoms with Crippen LogP contribution in [0.2, 0.25) is 0 Å². The highest BCUT2D eigenvalue weighted by Gasteiger charge is 2.21. The van der Waals surface area contributed by atoms with Crippen molar-refractivity contribution in [3.8, 4) is 0 Å². The molecule has 0 saturated carbocycles. The summed E-state index contributed by atoms with van der Waals surface area (Å²) in [7, 11) is 1.83. The van der Waals surface area contributed by atoms with E-state index in [4.69, 9.17) is 4.74 Å². The second kappa shape index (κ2) is 12.1. The molecule has 1 aliphatic rings. The Balaban J connectivity index is 0.00000312. The zero-order chi connectivity index (χ0) is 17.3. The molecule has 2 heterocycles. The van der Waals surface area contributed by atoms with Gasteiger partial charge in [-0.3, -0.25) is 9.89 Å². The highest BCUT2D eigenvalue weighted by atomic mass is 127. The maximum atomic E-state index is 5.38. The maximum Gasteiger partial charge on any atom is 0.191 e. The molecule has 0 unspecified atom stereocenters. The van der Waals surface area contributed by atoms with Crippen LogP contribution in [0.4, 0.5) is 0 Å². The first-order valence-electron chi connectivity index (χ1n) is 8.90. The van der Waals surface area contributed by atoms with Crippen LogP contribution < -0.4 is 10.6 Å². The Morgan fingerprint density at radius 1 is 1.28 bits per heavy atom. The summed E-state index contributed by atoms with van der Waals surface area (Å²) in [6, 6.07) is 4.32. The predicted molar refractivity (Wildman–Crippen MR) is 119 cm³/mol. The Labute approximate surface area is 173 Å². The highest BCUT2D eigenvalue weighted by Crippen LogP contribution is 2.26. The molecule has 1 aromatic heterocycles. The predicted octanol–water partition coefficient (Wildman–Crippen LogP) is 2.92. The van der Waals surface area contributed by atoms with Crippen LogP contribution in [0.15, 0.2) is 22.5 Å². The lowest BCUT2D eigenvalue weighted by molar-refractivity contribution is 0.0372. The average molecular weight is 480 g/mol. The molecule has 1 aromatic rings. The smallest absolute Gasteiger partial charge is 0.191 e. The molecule has 25 heavy (non-hydrogen) atoms. The minimum Gasteiger partial charge on any atom is -0.379 e. The third kappa shape index (κ3) is 8.23. The zero-order valence-electron chi connectivity index (χ0n) is 15.7. The van der Waals surface area contributed by atoms with Crippen molar-refractivity contribution in [3.63, 3.8) is 0 Å². The van der Waals surface area contributed by atoms with Crippen LogP contribution in [0.5, 0.6) is 0 Å². The molecule has 2 N–H and O–H groups in total. The molecule has 0 atom stereocenters. The number of nitrogens with zero attached hydrogens (tertiary/aromatic N) is 2. The van der Waals surface area contributed by atoms with Gasteiger partial charge in [0.15, 0.2) is 5.96 Å². The van der Waals surface area contributed by atoms with Crippen molar-refractivity contribution in [2.24, 2.45) is 4.99 Å². The van der Waals surface area contributed by atoms with Crippen LogP contribution in [0.1, 0.15) is 31.6 Å². The summed E-state index contributed by atoms with van der Waals surface area (Å²) in [5.74, 6) is 0.894. The van der Waals surface area contributed by atoms with Gasteiger partial charge in [-0.25, -0.2) is 0 Å². The normalized spacial score (nSPS) is 16.4. The van der Waals surface area contributed by atoms with Crippen molar-refractivity contribution in [2.75, 3.05) is 53.0 Å². The number of hydrogen-bond donors (Lipinski definition) is 2. The van der Waals surface area contributed by atoms with Gasteiger partial charge in [-0.05, 0) is 30.8 Å². The van der Waals surface area contributed by atoms with Crippen molar-refractivity contribution in [1.29, 1.82) is 0 Å². The average Bonchev–Trinajstić information content (AvgIpc) is 3.14. The molecule has 0 aliphatic carbocycles. The molecule has 0 spiro atoms. The summed E-state index contributed by atoms with van der Waals surface area (Å²) >= 11 is 1.81. The molecule has 1 fully saturated rings. The second-order valence-corrected chi connectivity index (χ2v) is 7.82. The SMILES string of the molecule is CN=C(NCCCCN1CCOCC1)NCC(C)(C)c1cccs1.I. The van der Waals surface area contributed by atoms with Gasteiger partial charge in [0.1, 0.15) is 0 Å². The quantitative estimate of drug-likeness (QED) is 0.260. The van der Waals surface area contributed by atoms with Gasteiger partial charge in [0.25, 0.3) is 0 Å². The van der Waals surface area contributed by atoms with E-state index >= 15 is 0 Å². The minimum absolute atomic E-state index is 0. The number of rotatable bonds is 8. The number of thiophene rings is 1. The lowest BCUT2D eigenvalue weighted by Crippen LogP contribution is -2.43. The van der Waals surface area contributed by atoms with Crippen LogP contribution in [0.3, 0.4) is 0 Å². The lowest BCUT2D eigenvalue weighted by Gasteiger charge is -2.26. The van der Waals surface area contributed by atoms with Gasteiger partial charge < -0.3 is 15.4 Å². The molecule has 0 amide bonds. The Bertz CT molecular complexity index is 487. The van der Waals surface area contributed by atoms with Crippen molar-refractivity contribution in [3.05, 3.63) is 22.4 Å². The molecule has 0 radical (unpaired) electrons. The Hall–Kier alpha value is -0.380. The fraction of sp³-hybridized carbons (Fsp3) is 0.722. The fourth-order valence-corrected chi connectivity index (χ4v) is 3.62. The number of ether oxygens (including phenoxy) is 1. The summed E-state index contributed by atoms with van der Waals surface area (Å²) in [4.78, 5) is 8.22. The molecule has 1 aliphatic heterocycles. The molecule has 0 bridgehead atoms. The molecule has 5 nitrogen and oxygen atoms in total. The lowest BCUT2D eigenvalue weighted by atomic mass is 9.91. The highest BCUT2D eigenvalue weighted by molar-refractivity contribution is 14.0. The van der Waals surface area contributed by atoms with E-state index in [-0.39, 0.29) is 29.4 Å². The fourth-order valence-electron chi connectivity index (χ4n) is 2.77. The number of hydrogen-bond acceptors (Lipinski definition) is 4. The van der Waals surface area contributed by atoms with Gasteiger partial charge in [0.05, 0.1) is 13.2 Å². The molecule has 7 heteroatoms. The number of halogens is 1. The largest absolute Gasteiger partial charge is 0.379 e. The van der Waals surface area contributed by atoms with E-state index in [9.17, 15) is 0 Å². The molecular weight excluding hydrogens is 447 g/mol. The molecule has 1 saturated heterocycles. The number of morpholine rings is 1. The zero-order valence-corrected chi connectivity index (χ0v) is 18.9. The topological polar surface area (TPSA) is 48.9 Å². The summed E-state index contributed by atoms with van der Waals surface area (Å²) in [5, 5.41) is 9.02. The Morgan fingerprint density at radius 2 is 2.04 bits per heavy atom. The van der Waals surface area contributed by atoms with E-state index < -0.39 is 0 Å². The Morgan fingerprint density at radius 3 is 2.68 bits per heavy atom. The monoisotopic (exact) mass is 480 g/mol. The van der Waals surface area contributed by atoms with E-state index in [1.165, 1.54) is 17.8 Å². The molecule has 0 aromatic carbocycles. The van der Waals surface area contributed by atoms with Crippen LogP contribution in [-0.4, -0.2) is 63.8 Å². The van der Waals surface area contributed by atoms with Crippen molar-refractivity contribution in [2.45, 2.75) is 32.1 Å². The number of guanidine groups is 1. The third-order valence-electron chi connectivity index (χ3n) is 4.41. The number of unbranched alkanes of at least 4 members (excludes halogenated alkanes) is 1. The first-order valence-corrected chi connectivity index (χ1v) is 9.78. The molecular formula is C18H33IN4OS. The first kappa shape index (κ1) is 22.7. The third-order valence-corrected chi connectivity index (χ3v) is 5.64. The van der Waals surface area contributed by atoms with Gasteiger partial charge >= 0.3 is 0 Å². The summed E-state index contributed by atoms with van der Waals surface area (Å²) in [6.07, 6.45) is 2.37. The first-order chi connectivity index (χ1) is 11.6. The van der Waals surface area contributed by atoms with Gasteiger partial charge in [-0.2, -0.15) is 0 Å². The minimum atomic E-state index is 0. The van der Waals surface area contributed by atoms with E-state index in [1.807, 2.05) is 18.4 Å². The number of nitrogens with one attached hydrogen (secondary N) is 2. The van der Waals surface area contributed by atoms with Gasteiger partial charge in [-0.15, -0.1) is 35.3 Å². The van der Waals surface area contributed by atoms with Crippen LogP contribution in [0.25, 0.3) is 0 Å². The summed E-state index contributed by atoms with van der Waals surface area (Å²) in [5.41, 5.74) is 0.113. The second-order valence-electron chi connectivity index (χ2n) is 6.87. The van der Waals surface area contributed by atoms with E-state index in [0.717, 1.165) is 51.8 Å². The molecule has 144 valence electrons. The van der Waals surface area contributed by atoms with Crippen LogP contribution >= 0.6 is 35.3 Å². The van der Waals surface area contributed by atoms with Crippen LogP contribution in [0, 0.1) is 0 Å². The van der Waals surface area contributed by atoms with Gasteiger partial charge in [0.2, 0.25) is 0 Å². The van der Waals surface area contributed by atoms with E-state index in [1.54, 1.807) is 0 Å². The van der Waals surface area contributed by atoms with Gasteiger partial charge in [0, 0.05) is 43.5 Å². The van der Waals surface area contributed by atoms with E-state index in [0.29, 0.717) is 0 Å². The van der Waals surface area contributed by atoms with Crippen molar-refractivity contribution < 1.29 is 4.74 Å². The van der Waals surface area contributed by atoms with Gasteiger partial charge in [-0.1, -0.05) is 19.9 Å². The standard InChI is InChI=1S/C18H32N4OS.HI/c1-18(2,16-7-6-14-24-16)15-21-17(19-3)20-8-4-5-9-22-10-12-23-13-11-22;/h6-7,14H,4-5,8-13,15H2,1-3H3,(H2,19,20,21);1H. The Kier molecular flexibility index (Phi) is 11.0. The molecule has 2 rings (SSSR count). The maximum absolute atomic E-state index is 5.38. The summed E-state index contributed by atoms with van der Waals surface area (Å²) < 4.78 is 5.38. The van der Waals surface area contributed by atoms with Crippen molar-refractivity contribution >= 4 is 41.3 Å². The summed E-state index contributed by atoms with van der Waals surface area (Å²) in [6.45, 7) is 11.5. The van der Waals surface area contributed by atoms with Crippen molar-refractivity contribution in [1.82, 2.24) is 15.5 Å².